The van der Waals surface area contributed by atoms with Crippen molar-refractivity contribution in [1.29, 1.82) is 0 Å². The fourth-order valence-electron chi connectivity index (χ4n) is 4.51. The van der Waals surface area contributed by atoms with Crippen molar-refractivity contribution in [3.8, 4) is 5.88 Å². The monoisotopic (exact) mass is 490 g/mol. The van der Waals surface area contributed by atoms with E-state index in [1.54, 1.807) is 14.0 Å². The number of amidine groups is 1. The Hall–Kier alpha value is -2.59. The van der Waals surface area contributed by atoms with Gasteiger partial charge >= 0.3 is 0 Å². The molecule has 1 aromatic carbocycles. The molecule has 0 bridgehead atoms. The first kappa shape index (κ1) is 24.5. The zero-order valence-electron chi connectivity index (χ0n) is 19.6. The molecule has 182 valence electrons. The van der Waals surface area contributed by atoms with Gasteiger partial charge in [-0.2, -0.15) is 0 Å². The topological polar surface area (TPSA) is 99.7 Å². The number of carbonyl (C=O) groups is 1. The molecule has 0 radical (unpaired) electrons. The predicted molar refractivity (Wildman–Crippen MR) is 126 cm³/mol. The molecule has 7 nitrogen and oxygen atoms in total. The normalized spacial score (nSPS) is 25.6. The van der Waals surface area contributed by atoms with Crippen LogP contribution in [0.15, 0.2) is 29.5 Å². The van der Waals surface area contributed by atoms with E-state index in [0.717, 1.165) is 12.5 Å². The van der Waals surface area contributed by atoms with Crippen LogP contribution in [0.2, 0.25) is 0 Å². The first-order valence-corrected chi connectivity index (χ1v) is 11.9. The largest absolute Gasteiger partial charge is 0.476 e. The highest BCUT2D eigenvalue weighted by Gasteiger charge is 2.66. The van der Waals surface area contributed by atoms with Crippen LogP contribution in [0.5, 0.6) is 5.88 Å². The Bertz CT molecular complexity index is 1130. The number of thioether (sulfide) groups is 1. The summed E-state index contributed by atoms with van der Waals surface area (Å²) in [7, 11) is 1.60. The van der Waals surface area contributed by atoms with Gasteiger partial charge < -0.3 is 15.2 Å². The van der Waals surface area contributed by atoms with Crippen LogP contribution in [0.3, 0.4) is 0 Å². The number of hydrogen-bond donors (Lipinski definition) is 1. The number of ether oxygens (including phenoxy) is 2. The number of benzene rings is 1. The van der Waals surface area contributed by atoms with E-state index in [4.69, 9.17) is 15.2 Å². The molecule has 2 aliphatic rings. The minimum atomic E-state index is -1.06. The smallest absolute Gasteiger partial charge is 0.232 e. The van der Waals surface area contributed by atoms with E-state index in [-0.39, 0.29) is 34.1 Å². The molecule has 1 aliphatic heterocycles. The van der Waals surface area contributed by atoms with Crippen molar-refractivity contribution in [3.05, 3.63) is 53.0 Å². The fourth-order valence-corrected chi connectivity index (χ4v) is 5.96. The first-order valence-electron chi connectivity index (χ1n) is 11.1. The molecule has 0 saturated heterocycles. The summed E-state index contributed by atoms with van der Waals surface area (Å²) in [6.07, 6.45) is 3.26. The van der Waals surface area contributed by atoms with E-state index < -0.39 is 17.2 Å². The van der Waals surface area contributed by atoms with Crippen molar-refractivity contribution >= 4 is 22.7 Å². The Kier molecular flexibility index (Phi) is 6.65. The van der Waals surface area contributed by atoms with Gasteiger partial charge in [0.1, 0.15) is 5.69 Å². The Morgan fingerprint density at radius 2 is 2.06 bits per heavy atom. The molecule has 4 rings (SSSR count). The zero-order valence-corrected chi connectivity index (χ0v) is 20.4. The maximum absolute atomic E-state index is 15.0. The lowest BCUT2D eigenvalue weighted by Gasteiger charge is -2.34. The summed E-state index contributed by atoms with van der Waals surface area (Å²) in [5.74, 6) is -1.80. The number of Topliss-reactive ketones (excluding diaryl/α,β-unsaturated/α-hetero) is 1. The molecule has 1 saturated carbocycles. The van der Waals surface area contributed by atoms with Crippen molar-refractivity contribution < 1.29 is 23.0 Å². The van der Waals surface area contributed by atoms with Gasteiger partial charge in [-0.25, -0.2) is 18.7 Å². The third-order valence-corrected chi connectivity index (χ3v) is 7.49. The van der Waals surface area contributed by atoms with Crippen molar-refractivity contribution in [2.45, 2.75) is 43.9 Å². The second kappa shape index (κ2) is 9.22. The van der Waals surface area contributed by atoms with Crippen LogP contribution in [0.25, 0.3) is 0 Å². The average Bonchev–Trinajstić information content (AvgIpc) is 3.49. The summed E-state index contributed by atoms with van der Waals surface area (Å²) in [5.41, 5.74) is 5.54. The van der Waals surface area contributed by atoms with E-state index in [9.17, 15) is 9.18 Å². The molecular weight excluding hydrogens is 462 g/mol. The van der Waals surface area contributed by atoms with Crippen molar-refractivity contribution in [1.82, 2.24) is 9.97 Å². The summed E-state index contributed by atoms with van der Waals surface area (Å²) in [4.78, 5) is 25.5. The van der Waals surface area contributed by atoms with Gasteiger partial charge in [-0.3, -0.25) is 9.79 Å². The molecular formula is C24H28F2N4O3S. The van der Waals surface area contributed by atoms with E-state index in [1.165, 1.54) is 30.2 Å². The standard InChI is InChI=1S/C24H28F2N4O3S/c1-13(2)11-33-20-10-28-17(9-29-20)18(31)7-14-5-15(21(26)16(25)6-14)23(3)19-8-24(19,12-32-4)34-22(27)30-23/h5-6,9-10,13,19H,7-8,11-12H2,1-4H3,(H2,27,30)/t19-,23+,24+/m0/s1. The van der Waals surface area contributed by atoms with Gasteiger partial charge in [0.2, 0.25) is 5.88 Å². The van der Waals surface area contributed by atoms with Crippen LogP contribution >= 0.6 is 11.8 Å². The maximum atomic E-state index is 15.0. The molecule has 3 atom stereocenters. The number of methoxy groups -OCH3 is 1. The second-order valence-corrected chi connectivity index (χ2v) is 10.9. The van der Waals surface area contributed by atoms with E-state index in [2.05, 4.69) is 15.0 Å². The number of ketones is 1. The maximum Gasteiger partial charge on any atom is 0.232 e. The molecule has 1 aliphatic carbocycles. The SMILES string of the molecule is COC[C@]12C[C@H]1[C@@](C)(c1cc(CC(=O)c3cnc(OCC(C)C)cn3)cc(F)c1F)N=C(N)S2. The van der Waals surface area contributed by atoms with Gasteiger partial charge in [0, 0.05) is 25.0 Å². The van der Waals surface area contributed by atoms with Crippen molar-refractivity contribution in [3.63, 3.8) is 0 Å². The Morgan fingerprint density at radius 1 is 1.29 bits per heavy atom. The van der Waals surface area contributed by atoms with Crippen LogP contribution in [-0.2, 0) is 16.7 Å². The second-order valence-electron chi connectivity index (χ2n) is 9.44. The number of hydrogen-bond acceptors (Lipinski definition) is 8. The van der Waals surface area contributed by atoms with Crippen molar-refractivity contribution in [2.24, 2.45) is 22.6 Å². The lowest BCUT2D eigenvalue weighted by atomic mass is 9.84. The third kappa shape index (κ3) is 4.65. The lowest BCUT2D eigenvalue weighted by molar-refractivity contribution is 0.0987. The number of aliphatic imine (C=N–C) groups is 1. The summed E-state index contributed by atoms with van der Waals surface area (Å²) in [5, 5.41) is 0.310. The van der Waals surface area contributed by atoms with E-state index in [0.29, 0.717) is 35.7 Å². The number of rotatable bonds is 9. The third-order valence-electron chi connectivity index (χ3n) is 6.22. The van der Waals surface area contributed by atoms with Gasteiger partial charge in [-0.15, -0.1) is 0 Å². The molecule has 2 heterocycles. The fraction of sp³-hybridized carbons (Fsp3) is 0.500. The minimum absolute atomic E-state index is 0.0682. The van der Waals surface area contributed by atoms with Crippen LogP contribution in [0.1, 0.15) is 48.8 Å². The number of halogens is 2. The summed E-state index contributed by atoms with van der Waals surface area (Å²) in [6, 6.07) is 2.54. The molecule has 34 heavy (non-hydrogen) atoms. The summed E-state index contributed by atoms with van der Waals surface area (Å²) >= 11 is 1.42. The highest BCUT2D eigenvalue weighted by atomic mass is 32.2. The van der Waals surface area contributed by atoms with Crippen molar-refractivity contribution in [2.75, 3.05) is 20.3 Å². The first-order chi connectivity index (χ1) is 16.1. The molecule has 1 fully saturated rings. The Labute approximate surface area is 201 Å². The average molecular weight is 491 g/mol. The van der Waals surface area contributed by atoms with Gasteiger partial charge in [-0.1, -0.05) is 25.6 Å². The van der Waals surface area contributed by atoms with Gasteiger partial charge in [0.25, 0.3) is 0 Å². The Balaban J connectivity index is 1.58. The zero-order chi connectivity index (χ0) is 24.7. The van der Waals surface area contributed by atoms with Crippen LogP contribution in [-0.4, -0.2) is 46.0 Å². The summed E-state index contributed by atoms with van der Waals surface area (Å²) < 4.78 is 40.2. The number of nitrogens with two attached hydrogens (primary N) is 1. The minimum Gasteiger partial charge on any atom is -0.476 e. The van der Waals surface area contributed by atoms with Crippen LogP contribution in [0, 0.1) is 23.5 Å². The van der Waals surface area contributed by atoms with E-state index in [1.807, 2.05) is 13.8 Å². The molecule has 2 aromatic rings. The highest BCUT2D eigenvalue weighted by molar-refractivity contribution is 8.15. The predicted octanol–water partition coefficient (Wildman–Crippen LogP) is 3.90. The number of fused-ring (bicyclic) bond motifs is 1. The molecule has 0 amide bonds. The lowest BCUT2D eigenvalue weighted by Crippen LogP contribution is -2.38. The highest BCUT2D eigenvalue weighted by Crippen LogP contribution is 2.66. The van der Waals surface area contributed by atoms with Gasteiger partial charge in [-0.05, 0) is 37.0 Å². The molecule has 0 unspecified atom stereocenters. The molecule has 0 spiro atoms. The Morgan fingerprint density at radius 3 is 2.71 bits per heavy atom. The number of aromatic nitrogens is 2. The van der Waals surface area contributed by atoms with E-state index >= 15 is 4.39 Å². The van der Waals surface area contributed by atoms with Gasteiger partial charge in [0.15, 0.2) is 22.6 Å². The van der Waals surface area contributed by atoms with Gasteiger partial charge in [0.05, 0.1) is 35.9 Å². The van der Waals surface area contributed by atoms with Crippen LogP contribution in [0.4, 0.5) is 8.78 Å². The summed E-state index contributed by atoms with van der Waals surface area (Å²) in [6.45, 7) is 6.69. The van der Waals surface area contributed by atoms with Crippen LogP contribution < -0.4 is 10.5 Å². The number of carbonyl (C=O) groups excluding carboxylic acids is 1. The molecule has 2 N–H and O–H groups in total. The quantitative estimate of drug-likeness (QED) is 0.532. The molecule has 10 heteroatoms. The molecule has 1 aromatic heterocycles. The number of nitrogens with zero attached hydrogens (tertiary/aromatic N) is 3.